The summed E-state index contributed by atoms with van der Waals surface area (Å²) in [6.07, 6.45) is 0. The average molecular weight is 109 g/mol. The van der Waals surface area contributed by atoms with Gasteiger partial charge >= 0.3 is 17.1 Å². The molecule has 0 atom stereocenters. The minimum Gasteiger partial charge on any atom is -0.412 e. The molecule has 4 heavy (non-hydrogen) atoms. The number of rotatable bonds is 0. The molecule has 0 rings (SSSR count). The predicted octanol–water partition coefficient (Wildman–Crippen LogP) is -1.49. The van der Waals surface area contributed by atoms with Crippen LogP contribution in [0.25, 0.3) is 0 Å². The third-order valence-corrected chi connectivity index (χ3v) is 0. The van der Waals surface area contributed by atoms with Gasteiger partial charge in [0.1, 0.15) is 0 Å². The maximum absolute atomic E-state index is 0. The van der Waals surface area contributed by atoms with E-state index in [2.05, 4.69) is 0 Å². The molecule has 0 fully saturated rings. The summed E-state index contributed by atoms with van der Waals surface area (Å²) in [5, 5.41) is 0. The van der Waals surface area contributed by atoms with Crippen molar-refractivity contribution < 1.29 is 28.0 Å². The molecule has 0 amide bonds. The van der Waals surface area contributed by atoms with Gasteiger partial charge in [-0.05, 0) is 0 Å². The molecular formula is H7FeNO2+3. The van der Waals surface area contributed by atoms with E-state index in [4.69, 9.17) is 0 Å². The van der Waals surface area contributed by atoms with Crippen LogP contribution in [0.3, 0.4) is 0 Å². The van der Waals surface area contributed by atoms with Crippen molar-refractivity contribution in [1.29, 1.82) is 0 Å². The van der Waals surface area contributed by atoms with Crippen molar-refractivity contribution in [2.75, 3.05) is 0 Å². The van der Waals surface area contributed by atoms with Crippen molar-refractivity contribution in [2.45, 2.75) is 0 Å². The summed E-state index contributed by atoms with van der Waals surface area (Å²) in [5.74, 6) is 0. The Morgan fingerprint density at radius 3 is 0.750 bits per heavy atom. The molecule has 0 aromatic carbocycles. The van der Waals surface area contributed by atoms with Crippen molar-refractivity contribution >= 4 is 0 Å². The molecule has 0 saturated heterocycles. The van der Waals surface area contributed by atoms with E-state index in [1.165, 1.54) is 0 Å². The Morgan fingerprint density at radius 1 is 0.750 bits per heavy atom. The van der Waals surface area contributed by atoms with Crippen LogP contribution in [-0.2, 0) is 17.1 Å². The summed E-state index contributed by atoms with van der Waals surface area (Å²) < 4.78 is 0. The molecule has 7 N–H and O–H groups in total. The van der Waals surface area contributed by atoms with Gasteiger partial charge in [-0.25, -0.2) is 0 Å². The van der Waals surface area contributed by atoms with Gasteiger partial charge in [-0.3, -0.25) is 0 Å². The van der Waals surface area contributed by atoms with E-state index < -0.39 is 0 Å². The monoisotopic (exact) mass is 109 g/mol. The third-order valence-electron chi connectivity index (χ3n) is 0. The Balaban J connectivity index is 0. The normalized spacial score (nSPS) is 0. The smallest absolute Gasteiger partial charge is 0.412 e. The number of hydrogen-bond acceptors (Lipinski definition) is 1. The Labute approximate surface area is 35.1 Å². The molecule has 1 radical (unpaired) electrons. The summed E-state index contributed by atoms with van der Waals surface area (Å²) in [5.41, 5.74) is 0. The van der Waals surface area contributed by atoms with Crippen LogP contribution in [0.1, 0.15) is 0 Å². The maximum atomic E-state index is 0. The molecule has 0 aliphatic rings. The van der Waals surface area contributed by atoms with Gasteiger partial charge in [0.05, 0.1) is 0 Å². The first kappa shape index (κ1) is 319. The first-order valence-electron chi connectivity index (χ1n) is 0. The van der Waals surface area contributed by atoms with Gasteiger partial charge in [0.25, 0.3) is 0 Å². The molecule has 4 heteroatoms. The zero-order valence-corrected chi connectivity index (χ0v) is 3.16. The van der Waals surface area contributed by atoms with Crippen molar-refractivity contribution in [3.8, 4) is 0 Å². The minimum atomic E-state index is 0. The van der Waals surface area contributed by atoms with Gasteiger partial charge in [0, 0.05) is 0 Å². The molecule has 0 bridgehead atoms. The molecule has 3 nitrogen and oxygen atoms in total. The van der Waals surface area contributed by atoms with Crippen LogP contribution >= 0.6 is 0 Å². The molecule has 0 aromatic rings. The van der Waals surface area contributed by atoms with Crippen molar-refractivity contribution in [2.24, 2.45) is 0 Å². The molecule has 0 aliphatic heterocycles. The first-order chi connectivity index (χ1) is 0. The largest absolute Gasteiger partial charge is 3.00 e. The molecule has 29 valence electrons. The second kappa shape index (κ2) is 123. The summed E-state index contributed by atoms with van der Waals surface area (Å²) >= 11 is 0. The molecular weight excluding hydrogens is 102 g/mol. The second-order valence-electron chi connectivity index (χ2n) is 0. The van der Waals surface area contributed by atoms with E-state index in [1.807, 2.05) is 0 Å². The fourth-order valence-corrected chi connectivity index (χ4v) is 0. The van der Waals surface area contributed by atoms with Crippen molar-refractivity contribution in [1.82, 2.24) is 6.15 Å². The Morgan fingerprint density at radius 2 is 0.750 bits per heavy atom. The van der Waals surface area contributed by atoms with Crippen LogP contribution < -0.4 is 6.15 Å². The zero-order valence-electron chi connectivity index (χ0n) is 2.06. The zero-order chi connectivity index (χ0) is 0. The van der Waals surface area contributed by atoms with Crippen molar-refractivity contribution in [3.05, 3.63) is 0 Å². The minimum absolute atomic E-state index is 0. The molecule has 0 heterocycles. The fourth-order valence-electron chi connectivity index (χ4n) is 0. The summed E-state index contributed by atoms with van der Waals surface area (Å²) in [4.78, 5) is 0. The summed E-state index contributed by atoms with van der Waals surface area (Å²) in [6, 6.07) is 0. The van der Waals surface area contributed by atoms with Crippen LogP contribution in [0.2, 0.25) is 0 Å². The van der Waals surface area contributed by atoms with Crippen LogP contribution in [0.5, 0.6) is 0 Å². The predicted molar refractivity (Wildman–Crippen MR) is 12.2 cm³/mol. The van der Waals surface area contributed by atoms with Gasteiger partial charge in [-0.15, -0.1) is 0 Å². The Bertz CT molecular complexity index is 6.00. The Kier molecular flexibility index (Phi) is 9770. The maximum Gasteiger partial charge on any atom is 3.00 e. The van der Waals surface area contributed by atoms with Crippen LogP contribution in [0.4, 0.5) is 0 Å². The molecule has 0 aliphatic carbocycles. The van der Waals surface area contributed by atoms with Crippen LogP contribution in [0.15, 0.2) is 0 Å². The van der Waals surface area contributed by atoms with E-state index in [0.717, 1.165) is 0 Å². The molecule has 0 spiro atoms. The van der Waals surface area contributed by atoms with E-state index in [1.54, 1.807) is 0 Å². The number of hydrogen-bond donors (Lipinski definition) is 1. The third kappa shape index (κ3) is 29.4. The van der Waals surface area contributed by atoms with E-state index in [0.29, 0.717) is 0 Å². The standard InChI is InChI=1S/Fe.H3N.2H2O/h;1H3;2*1H2/q+3;;;. The van der Waals surface area contributed by atoms with Gasteiger partial charge in [0.15, 0.2) is 0 Å². The van der Waals surface area contributed by atoms with Gasteiger partial charge in [-0.2, -0.15) is 0 Å². The molecule has 0 aromatic heterocycles. The molecule has 0 saturated carbocycles. The van der Waals surface area contributed by atoms with E-state index in [9.17, 15) is 0 Å². The second-order valence-corrected chi connectivity index (χ2v) is 0. The summed E-state index contributed by atoms with van der Waals surface area (Å²) in [7, 11) is 0. The SMILES string of the molecule is N.O.O.[Fe+3]. The van der Waals surface area contributed by atoms with Crippen molar-refractivity contribution in [3.63, 3.8) is 0 Å². The van der Waals surface area contributed by atoms with Crippen LogP contribution in [0, 0.1) is 0 Å². The van der Waals surface area contributed by atoms with Gasteiger partial charge in [-0.1, -0.05) is 0 Å². The quantitative estimate of drug-likeness (QED) is 0.376. The Hall–Kier alpha value is 0.399. The summed E-state index contributed by atoms with van der Waals surface area (Å²) in [6.45, 7) is 0. The molecule has 0 unspecified atom stereocenters. The van der Waals surface area contributed by atoms with Gasteiger partial charge < -0.3 is 17.1 Å². The average Bonchev–Trinajstić information content (AvgIpc) is 0. The van der Waals surface area contributed by atoms with Gasteiger partial charge in [0.2, 0.25) is 0 Å². The van der Waals surface area contributed by atoms with E-state index in [-0.39, 0.29) is 34.2 Å². The topological polar surface area (TPSA) is 98.0 Å². The van der Waals surface area contributed by atoms with E-state index >= 15 is 0 Å². The first-order valence-corrected chi connectivity index (χ1v) is 0. The van der Waals surface area contributed by atoms with Crippen LogP contribution in [-0.4, -0.2) is 11.0 Å². The fraction of sp³-hybridized carbons (Fsp3) is 0.